The monoisotopic (exact) mass is 255 g/mol. The lowest BCUT2D eigenvalue weighted by atomic mass is 9.98. The van der Waals surface area contributed by atoms with E-state index in [1.165, 1.54) is 0 Å². The Hall–Kier alpha value is -1.04. The zero-order chi connectivity index (χ0) is 12.9. The van der Waals surface area contributed by atoms with Crippen molar-refractivity contribution >= 4 is 18.5 Å². The minimum Gasteiger partial charge on any atom is -0.394 e. The van der Waals surface area contributed by atoms with Gasteiger partial charge in [0.25, 0.3) is 5.91 Å². The Morgan fingerprint density at radius 1 is 1.35 bits per heavy atom. The molecule has 0 heterocycles. The van der Waals surface area contributed by atoms with E-state index >= 15 is 0 Å². The van der Waals surface area contributed by atoms with Crippen LogP contribution in [0.5, 0.6) is 0 Å². The van der Waals surface area contributed by atoms with Crippen molar-refractivity contribution in [3.63, 3.8) is 0 Å². The van der Waals surface area contributed by atoms with Crippen LogP contribution in [-0.2, 0) is 0 Å². The van der Waals surface area contributed by atoms with E-state index in [2.05, 4.69) is 17.9 Å². The maximum atomic E-state index is 12.0. The van der Waals surface area contributed by atoms with Crippen LogP contribution < -0.4 is 5.32 Å². The molecule has 1 rings (SSSR count). The van der Waals surface area contributed by atoms with Crippen LogP contribution in [0.4, 0.5) is 0 Å². The van der Waals surface area contributed by atoms with Crippen LogP contribution in [0, 0.1) is 0 Å². The lowest BCUT2D eigenvalue weighted by Gasteiger charge is -2.29. The number of hydrogen-bond donors (Lipinski definition) is 4. The van der Waals surface area contributed by atoms with E-state index in [4.69, 9.17) is 0 Å². The van der Waals surface area contributed by atoms with Crippen molar-refractivity contribution in [3.05, 3.63) is 29.8 Å². The molecular formula is C12H17NO3S. The molecule has 17 heavy (non-hydrogen) atoms. The van der Waals surface area contributed by atoms with Crippen molar-refractivity contribution in [3.8, 4) is 0 Å². The highest BCUT2D eigenvalue weighted by atomic mass is 32.1. The number of carbonyl (C=O) groups is 1. The number of nitrogens with one attached hydrogen (secondary N) is 1. The highest BCUT2D eigenvalue weighted by Gasteiger charge is 2.29. The molecule has 94 valence electrons. The zero-order valence-corrected chi connectivity index (χ0v) is 10.6. The number of rotatable bonds is 5. The molecule has 0 fully saturated rings. The van der Waals surface area contributed by atoms with Gasteiger partial charge in [-0.1, -0.05) is 19.1 Å². The van der Waals surface area contributed by atoms with E-state index in [0.29, 0.717) is 16.9 Å². The lowest BCUT2D eigenvalue weighted by Crippen LogP contribution is -2.53. The van der Waals surface area contributed by atoms with Gasteiger partial charge in [-0.25, -0.2) is 0 Å². The summed E-state index contributed by atoms with van der Waals surface area (Å²) in [6.07, 6.45) is 0.445. The van der Waals surface area contributed by atoms with E-state index in [0.717, 1.165) is 0 Å². The van der Waals surface area contributed by atoms with Gasteiger partial charge in [0.15, 0.2) is 0 Å². The fraction of sp³-hybridized carbons (Fsp3) is 0.417. The molecule has 0 aliphatic heterocycles. The Bertz CT molecular complexity index is 383. The van der Waals surface area contributed by atoms with Crippen molar-refractivity contribution in [2.24, 2.45) is 0 Å². The van der Waals surface area contributed by atoms with Crippen molar-refractivity contribution in [1.82, 2.24) is 5.32 Å². The fourth-order valence-corrected chi connectivity index (χ4v) is 1.68. The molecule has 1 amide bonds. The van der Waals surface area contributed by atoms with Gasteiger partial charge in [-0.05, 0) is 18.6 Å². The second-order valence-electron chi connectivity index (χ2n) is 3.92. The standard InChI is InChI=1S/C12H17NO3S/c1-2-12(7-14,8-15)13-11(16)9-5-3-4-6-10(9)17/h3-6,14-15,17H,2,7-8H2,1H3,(H,13,16). The average molecular weight is 255 g/mol. The summed E-state index contributed by atoms with van der Waals surface area (Å²) < 4.78 is 0. The van der Waals surface area contributed by atoms with E-state index in [-0.39, 0.29) is 19.1 Å². The second kappa shape index (κ2) is 6.05. The molecule has 4 nitrogen and oxygen atoms in total. The number of thiol groups is 1. The molecule has 5 heteroatoms. The third kappa shape index (κ3) is 3.21. The normalized spacial score (nSPS) is 11.3. The minimum absolute atomic E-state index is 0.305. The van der Waals surface area contributed by atoms with Gasteiger partial charge >= 0.3 is 0 Å². The molecule has 0 unspecified atom stereocenters. The number of amides is 1. The first-order valence-electron chi connectivity index (χ1n) is 5.41. The first kappa shape index (κ1) is 14.0. The third-order valence-electron chi connectivity index (χ3n) is 2.81. The van der Waals surface area contributed by atoms with Gasteiger partial charge in [0.2, 0.25) is 0 Å². The van der Waals surface area contributed by atoms with E-state index < -0.39 is 5.54 Å². The van der Waals surface area contributed by atoms with Gasteiger partial charge in [0.05, 0.1) is 24.3 Å². The van der Waals surface area contributed by atoms with Crippen molar-refractivity contribution in [2.75, 3.05) is 13.2 Å². The molecule has 0 aromatic heterocycles. The van der Waals surface area contributed by atoms with Crippen molar-refractivity contribution < 1.29 is 15.0 Å². The predicted octanol–water partition coefficient (Wildman–Crippen LogP) is 0.838. The van der Waals surface area contributed by atoms with Gasteiger partial charge < -0.3 is 15.5 Å². The number of aliphatic hydroxyl groups is 2. The third-order valence-corrected chi connectivity index (χ3v) is 3.20. The van der Waals surface area contributed by atoms with Crippen LogP contribution in [0.25, 0.3) is 0 Å². The first-order valence-corrected chi connectivity index (χ1v) is 5.85. The predicted molar refractivity (Wildman–Crippen MR) is 68.4 cm³/mol. The molecule has 0 bridgehead atoms. The van der Waals surface area contributed by atoms with Gasteiger partial charge in [0.1, 0.15) is 0 Å². The van der Waals surface area contributed by atoms with E-state index in [1.807, 2.05) is 0 Å². The molecule has 0 aliphatic rings. The summed E-state index contributed by atoms with van der Waals surface area (Å²) in [6, 6.07) is 6.88. The summed E-state index contributed by atoms with van der Waals surface area (Å²) in [7, 11) is 0. The van der Waals surface area contributed by atoms with Crippen LogP contribution in [0.3, 0.4) is 0 Å². The largest absolute Gasteiger partial charge is 0.394 e. The number of aliphatic hydroxyl groups excluding tert-OH is 2. The minimum atomic E-state index is -0.979. The van der Waals surface area contributed by atoms with Gasteiger partial charge in [0, 0.05) is 4.90 Å². The topological polar surface area (TPSA) is 69.6 Å². The fourth-order valence-electron chi connectivity index (χ4n) is 1.41. The SMILES string of the molecule is CCC(CO)(CO)NC(=O)c1ccccc1S. The van der Waals surface area contributed by atoms with Crippen LogP contribution >= 0.6 is 12.6 Å². The maximum absolute atomic E-state index is 12.0. The molecular weight excluding hydrogens is 238 g/mol. The quantitative estimate of drug-likeness (QED) is 0.589. The van der Waals surface area contributed by atoms with E-state index in [1.54, 1.807) is 31.2 Å². The average Bonchev–Trinajstić information content (AvgIpc) is 2.36. The highest BCUT2D eigenvalue weighted by Crippen LogP contribution is 2.15. The second-order valence-corrected chi connectivity index (χ2v) is 4.40. The van der Waals surface area contributed by atoms with Crippen LogP contribution in [-0.4, -0.2) is 34.9 Å². The number of carbonyl (C=O) groups excluding carboxylic acids is 1. The zero-order valence-electron chi connectivity index (χ0n) is 9.68. The van der Waals surface area contributed by atoms with Gasteiger partial charge in [-0.15, -0.1) is 12.6 Å². The summed E-state index contributed by atoms with van der Waals surface area (Å²) >= 11 is 4.19. The molecule has 0 aliphatic carbocycles. The Kier molecular flexibility index (Phi) is 4.99. The van der Waals surface area contributed by atoms with Crippen LogP contribution in [0.1, 0.15) is 23.7 Å². The Balaban J connectivity index is 2.89. The number of hydrogen-bond acceptors (Lipinski definition) is 4. The van der Waals surface area contributed by atoms with Crippen molar-refractivity contribution in [2.45, 2.75) is 23.8 Å². The molecule has 0 saturated heterocycles. The summed E-state index contributed by atoms with van der Waals surface area (Å²) in [5, 5.41) is 21.1. The van der Waals surface area contributed by atoms with Crippen molar-refractivity contribution in [1.29, 1.82) is 0 Å². The van der Waals surface area contributed by atoms with Gasteiger partial charge in [-0.2, -0.15) is 0 Å². The molecule has 1 aromatic carbocycles. The summed E-state index contributed by atoms with van der Waals surface area (Å²) in [5.41, 5.74) is -0.553. The highest BCUT2D eigenvalue weighted by molar-refractivity contribution is 7.80. The smallest absolute Gasteiger partial charge is 0.252 e. The first-order chi connectivity index (χ1) is 8.08. The van der Waals surface area contributed by atoms with Crippen LogP contribution in [0.15, 0.2) is 29.2 Å². The Morgan fingerprint density at radius 2 is 1.94 bits per heavy atom. The maximum Gasteiger partial charge on any atom is 0.252 e. The molecule has 0 saturated carbocycles. The molecule has 0 spiro atoms. The molecule has 0 atom stereocenters. The molecule has 0 radical (unpaired) electrons. The van der Waals surface area contributed by atoms with Gasteiger partial charge in [-0.3, -0.25) is 4.79 Å². The van der Waals surface area contributed by atoms with Crippen LogP contribution in [0.2, 0.25) is 0 Å². The Morgan fingerprint density at radius 3 is 2.41 bits per heavy atom. The summed E-state index contributed by atoms with van der Waals surface area (Å²) in [4.78, 5) is 12.5. The molecule has 3 N–H and O–H groups in total. The Labute approximate surface area is 106 Å². The summed E-state index contributed by atoms with van der Waals surface area (Å²) in [5.74, 6) is -0.347. The van der Waals surface area contributed by atoms with E-state index in [9.17, 15) is 15.0 Å². The molecule has 1 aromatic rings. The summed E-state index contributed by atoms with van der Waals surface area (Å²) in [6.45, 7) is 1.18. The lowest BCUT2D eigenvalue weighted by molar-refractivity contribution is 0.0650. The number of benzene rings is 1.